The van der Waals surface area contributed by atoms with E-state index in [2.05, 4.69) is 26.6 Å². The van der Waals surface area contributed by atoms with Crippen LogP contribution in [0.5, 0.6) is 5.75 Å². The molecule has 2 aromatic rings. The number of anilines is 1. The number of carbonyl (C=O) groups is 2. The molecule has 0 atom stereocenters. The number of amides is 2. The van der Waals surface area contributed by atoms with Crippen molar-refractivity contribution in [2.75, 3.05) is 11.9 Å². The van der Waals surface area contributed by atoms with Crippen LogP contribution in [-0.2, 0) is 4.79 Å². The summed E-state index contributed by atoms with van der Waals surface area (Å²) in [5.41, 5.74) is 0.426. The van der Waals surface area contributed by atoms with Gasteiger partial charge in [-0.1, -0.05) is 15.9 Å². The lowest BCUT2D eigenvalue weighted by Crippen LogP contribution is -2.27. The molecule has 0 bridgehead atoms. The van der Waals surface area contributed by atoms with Gasteiger partial charge in [-0.15, -0.1) is 11.3 Å². The number of rotatable bonds is 6. The monoisotopic (exact) mass is 412 g/mol. The van der Waals surface area contributed by atoms with Gasteiger partial charge in [-0.3, -0.25) is 9.59 Å². The third-order valence-corrected chi connectivity index (χ3v) is 4.65. The Balaban J connectivity index is 1.57. The summed E-state index contributed by atoms with van der Waals surface area (Å²) >= 11 is 4.40. The molecule has 1 saturated carbocycles. The van der Waals surface area contributed by atoms with Crippen molar-refractivity contribution in [2.24, 2.45) is 0 Å². The number of hydrogen-bond acceptors (Lipinski definition) is 4. The summed E-state index contributed by atoms with van der Waals surface area (Å²) in [6, 6.07) is 6.21. The Kier molecular flexibility index (Phi) is 5.15. The van der Waals surface area contributed by atoms with Gasteiger partial charge in [-0.25, -0.2) is 4.39 Å². The Morgan fingerprint density at radius 2 is 2.12 bits per heavy atom. The van der Waals surface area contributed by atoms with Crippen molar-refractivity contribution >= 4 is 44.1 Å². The quantitative estimate of drug-likeness (QED) is 0.761. The van der Waals surface area contributed by atoms with Gasteiger partial charge in [0, 0.05) is 10.5 Å². The number of halogens is 2. The van der Waals surface area contributed by atoms with Crippen molar-refractivity contribution in [3.63, 3.8) is 0 Å². The molecule has 0 spiro atoms. The molecule has 0 aliphatic heterocycles. The highest BCUT2D eigenvalue weighted by molar-refractivity contribution is 9.10. The summed E-state index contributed by atoms with van der Waals surface area (Å²) in [6.45, 7) is -0.347. The number of thiophene rings is 1. The van der Waals surface area contributed by atoms with E-state index in [9.17, 15) is 14.0 Å². The number of ether oxygens (including phenoxy) is 1. The molecular weight excluding hydrogens is 399 g/mol. The number of hydrogen-bond donors (Lipinski definition) is 2. The van der Waals surface area contributed by atoms with E-state index in [1.165, 1.54) is 23.5 Å². The van der Waals surface area contributed by atoms with Crippen LogP contribution in [0.15, 0.2) is 34.1 Å². The van der Waals surface area contributed by atoms with Gasteiger partial charge in [0.05, 0.1) is 5.56 Å². The third-order valence-electron chi connectivity index (χ3n) is 3.33. The summed E-state index contributed by atoms with van der Waals surface area (Å²) in [6.07, 6.45) is 1.98. The van der Waals surface area contributed by atoms with Gasteiger partial charge in [0.2, 0.25) is 0 Å². The normalized spacial score (nSPS) is 13.4. The van der Waals surface area contributed by atoms with Gasteiger partial charge in [0.25, 0.3) is 11.8 Å². The topological polar surface area (TPSA) is 67.4 Å². The molecule has 0 radical (unpaired) electrons. The molecule has 1 fully saturated rings. The van der Waals surface area contributed by atoms with Gasteiger partial charge in [0.1, 0.15) is 5.00 Å². The molecular formula is C16H14BrFN2O3S. The molecule has 8 heteroatoms. The molecule has 5 nitrogen and oxygen atoms in total. The smallest absolute Gasteiger partial charge is 0.262 e. The Bertz CT molecular complexity index is 776. The first-order valence-corrected chi connectivity index (χ1v) is 8.96. The van der Waals surface area contributed by atoms with Crippen LogP contribution in [0.1, 0.15) is 23.2 Å². The standard InChI is InChI=1S/C16H14BrFN2O3S/c17-9-1-4-13(12(18)7-9)23-8-14(21)20-16-11(5-6-24-16)15(22)19-10-2-3-10/h1,4-7,10H,2-3,8H2,(H,19,22)(H,20,21). The van der Waals surface area contributed by atoms with Gasteiger partial charge >= 0.3 is 0 Å². The van der Waals surface area contributed by atoms with E-state index in [4.69, 9.17) is 4.74 Å². The molecule has 2 amide bonds. The maximum Gasteiger partial charge on any atom is 0.262 e. The van der Waals surface area contributed by atoms with E-state index in [1.807, 2.05) is 0 Å². The fourth-order valence-corrected chi connectivity index (χ4v) is 3.11. The summed E-state index contributed by atoms with van der Waals surface area (Å²) in [5, 5.41) is 7.69. The molecule has 0 unspecified atom stereocenters. The van der Waals surface area contributed by atoms with E-state index in [0.29, 0.717) is 15.0 Å². The number of nitrogens with one attached hydrogen (secondary N) is 2. The van der Waals surface area contributed by atoms with Crippen LogP contribution in [0.2, 0.25) is 0 Å². The minimum Gasteiger partial charge on any atom is -0.481 e. The van der Waals surface area contributed by atoms with Crippen molar-refractivity contribution in [3.8, 4) is 5.75 Å². The molecule has 1 aromatic heterocycles. The first-order valence-electron chi connectivity index (χ1n) is 7.29. The van der Waals surface area contributed by atoms with Gasteiger partial charge in [0.15, 0.2) is 18.2 Å². The largest absolute Gasteiger partial charge is 0.481 e. The maximum absolute atomic E-state index is 13.6. The highest BCUT2D eigenvalue weighted by atomic mass is 79.9. The first-order chi connectivity index (χ1) is 11.5. The van der Waals surface area contributed by atoms with Gasteiger partial charge in [-0.05, 0) is 42.5 Å². The van der Waals surface area contributed by atoms with Crippen molar-refractivity contribution in [1.82, 2.24) is 5.32 Å². The van der Waals surface area contributed by atoms with Crippen LogP contribution in [-0.4, -0.2) is 24.5 Å². The van der Waals surface area contributed by atoms with Crippen LogP contribution in [0.3, 0.4) is 0 Å². The fourth-order valence-electron chi connectivity index (χ4n) is 1.97. The average molecular weight is 413 g/mol. The number of benzene rings is 1. The van der Waals surface area contributed by atoms with Gasteiger partial charge < -0.3 is 15.4 Å². The highest BCUT2D eigenvalue weighted by Crippen LogP contribution is 2.26. The molecule has 24 heavy (non-hydrogen) atoms. The molecule has 1 aliphatic carbocycles. The van der Waals surface area contributed by atoms with E-state index >= 15 is 0 Å². The van der Waals surface area contributed by atoms with Crippen LogP contribution in [0.25, 0.3) is 0 Å². The predicted octanol–water partition coefficient (Wildman–Crippen LogP) is 3.56. The van der Waals surface area contributed by atoms with Crippen molar-refractivity contribution in [2.45, 2.75) is 18.9 Å². The van der Waals surface area contributed by atoms with Crippen LogP contribution >= 0.6 is 27.3 Å². The molecule has 126 valence electrons. The highest BCUT2D eigenvalue weighted by Gasteiger charge is 2.25. The van der Waals surface area contributed by atoms with Crippen molar-refractivity contribution in [1.29, 1.82) is 0 Å². The van der Waals surface area contributed by atoms with E-state index in [0.717, 1.165) is 12.8 Å². The van der Waals surface area contributed by atoms with E-state index in [-0.39, 0.29) is 24.3 Å². The SMILES string of the molecule is O=C(COc1ccc(Br)cc1F)Nc1sccc1C(=O)NC1CC1. The molecule has 2 N–H and O–H groups in total. The third kappa shape index (κ3) is 4.33. The van der Waals surface area contributed by atoms with E-state index in [1.54, 1.807) is 17.5 Å². The summed E-state index contributed by atoms with van der Waals surface area (Å²) in [4.78, 5) is 24.1. The second-order valence-electron chi connectivity index (χ2n) is 5.32. The first kappa shape index (κ1) is 16.9. The van der Waals surface area contributed by atoms with Crippen LogP contribution in [0, 0.1) is 5.82 Å². The summed E-state index contributed by atoms with van der Waals surface area (Å²) in [7, 11) is 0. The lowest BCUT2D eigenvalue weighted by atomic mass is 10.3. The Morgan fingerprint density at radius 3 is 2.83 bits per heavy atom. The van der Waals surface area contributed by atoms with Crippen molar-refractivity contribution < 1.29 is 18.7 Å². The summed E-state index contributed by atoms with van der Waals surface area (Å²) < 4.78 is 19.4. The second-order valence-corrected chi connectivity index (χ2v) is 7.15. The molecule has 1 aromatic carbocycles. The zero-order chi connectivity index (χ0) is 17.1. The minimum absolute atomic E-state index is 0.00812. The van der Waals surface area contributed by atoms with Crippen LogP contribution in [0.4, 0.5) is 9.39 Å². The molecule has 1 aliphatic rings. The lowest BCUT2D eigenvalue weighted by Gasteiger charge is -2.09. The minimum atomic E-state index is -0.558. The second kappa shape index (κ2) is 7.31. The molecule has 3 rings (SSSR count). The molecule has 0 saturated heterocycles. The zero-order valence-corrected chi connectivity index (χ0v) is 14.9. The molecule has 1 heterocycles. The number of carbonyl (C=O) groups excluding carboxylic acids is 2. The Hall–Kier alpha value is -1.93. The van der Waals surface area contributed by atoms with Crippen molar-refractivity contribution in [3.05, 3.63) is 45.5 Å². The predicted molar refractivity (Wildman–Crippen MR) is 93.0 cm³/mol. The average Bonchev–Trinajstić information content (AvgIpc) is 3.22. The Labute approximate surface area is 150 Å². The summed E-state index contributed by atoms with van der Waals surface area (Å²) in [5.74, 6) is -1.22. The van der Waals surface area contributed by atoms with Gasteiger partial charge in [-0.2, -0.15) is 0 Å². The fraction of sp³-hybridized carbons (Fsp3) is 0.250. The lowest BCUT2D eigenvalue weighted by molar-refractivity contribution is -0.118. The Morgan fingerprint density at radius 1 is 1.33 bits per heavy atom. The maximum atomic E-state index is 13.6. The van der Waals surface area contributed by atoms with Crippen LogP contribution < -0.4 is 15.4 Å². The zero-order valence-electron chi connectivity index (χ0n) is 12.5. The van der Waals surface area contributed by atoms with E-state index < -0.39 is 11.7 Å².